The molecule has 0 aliphatic heterocycles. The van der Waals surface area contributed by atoms with Crippen LogP contribution in [-0.4, -0.2) is 39.8 Å². The van der Waals surface area contributed by atoms with Gasteiger partial charge in [-0.15, -0.1) is 0 Å². The van der Waals surface area contributed by atoms with Gasteiger partial charge in [0.2, 0.25) is 15.9 Å². The van der Waals surface area contributed by atoms with Crippen LogP contribution in [0.25, 0.3) is 0 Å². The van der Waals surface area contributed by atoms with E-state index in [9.17, 15) is 13.2 Å². The van der Waals surface area contributed by atoms with Crippen LogP contribution in [0.1, 0.15) is 27.2 Å². The second kappa shape index (κ2) is 7.49. The lowest BCUT2D eigenvalue weighted by atomic mass is 10.2. The zero-order valence-corrected chi connectivity index (χ0v) is 14.5. The molecule has 0 heterocycles. The van der Waals surface area contributed by atoms with Crippen molar-refractivity contribution in [1.29, 1.82) is 0 Å². The molecule has 7 heteroatoms. The van der Waals surface area contributed by atoms with Crippen LogP contribution in [0.2, 0.25) is 0 Å². The first-order valence-corrected chi connectivity index (χ1v) is 8.99. The quantitative estimate of drug-likeness (QED) is 0.827. The third kappa shape index (κ3) is 4.62. The van der Waals surface area contributed by atoms with Gasteiger partial charge in [-0.3, -0.25) is 9.10 Å². The molecular formula is C15H24N2O4S. The topological polar surface area (TPSA) is 75.7 Å². The van der Waals surface area contributed by atoms with Gasteiger partial charge in [-0.2, -0.15) is 0 Å². The van der Waals surface area contributed by atoms with Crippen molar-refractivity contribution in [3.8, 4) is 5.75 Å². The molecule has 0 aliphatic carbocycles. The Morgan fingerprint density at radius 2 is 1.82 bits per heavy atom. The van der Waals surface area contributed by atoms with E-state index in [4.69, 9.17) is 4.74 Å². The molecule has 0 bridgehead atoms. The van der Waals surface area contributed by atoms with Gasteiger partial charge in [-0.25, -0.2) is 8.42 Å². The third-order valence-electron chi connectivity index (χ3n) is 3.42. The van der Waals surface area contributed by atoms with Crippen molar-refractivity contribution in [2.24, 2.45) is 0 Å². The number of hydrogen-bond acceptors (Lipinski definition) is 4. The van der Waals surface area contributed by atoms with Crippen molar-refractivity contribution < 1.29 is 17.9 Å². The molecule has 1 N–H and O–H groups in total. The van der Waals surface area contributed by atoms with Gasteiger partial charge >= 0.3 is 0 Å². The Labute approximate surface area is 132 Å². The van der Waals surface area contributed by atoms with E-state index in [-0.39, 0.29) is 11.9 Å². The van der Waals surface area contributed by atoms with Crippen LogP contribution >= 0.6 is 0 Å². The summed E-state index contributed by atoms with van der Waals surface area (Å²) in [5, 5.41) is 2.80. The van der Waals surface area contributed by atoms with Crippen LogP contribution in [0.3, 0.4) is 0 Å². The molecule has 0 saturated heterocycles. The summed E-state index contributed by atoms with van der Waals surface area (Å²) in [6.45, 7) is 5.40. The van der Waals surface area contributed by atoms with Gasteiger partial charge in [0.1, 0.15) is 11.8 Å². The zero-order chi connectivity index (χ0) is 16.9. The van der Waals surface area contributed by atoms with Crippen LogP contribution in [0.15, 0.2) is 24.3 Å². The Morgan fingerprint density at radius 3 is 2.23 bits per heavy atom. The minimum Gasteiger partial charge on any atom is -0.497 e. The standard InChI is InChI=1S/C15H24N2O4S/c1-6-11(2)16-15(18)12(3)17(22(5,19)20)13-7-9-14(21-4)10-8-13/h7-12H,6H2,1-5H3,(H,16,18)/t11-,12-/m0/s1. The third-order valence-corrected chi connectivity index (χ3v) is 4.66. The molecule has 0 aromatic heterocycles. The maximum absolute atomic E-state index is 12.3. The molecule has 0 saturated carbocycles. The summed E-state index contributed by atoms with van der Waals surface area (Å²) < 4.78 is 30.4. The molecule has 1 rings (SSSR count). The highest BCUT2D eigenvalue weighted by atomic mass is 32.2. The van der Waals surface area contributed by atoms with Gasteiger partial charge in [-0.1, -0.05) is 6.92 Å². The number of carbonyl (C=O) groups excluding carboxylic acids is 1. The monoisotopic (exact) mass is 328 g/mol. The van der Waals surface area contributed by atoms with Crippen molar-refractivity contribution in [3.63, 3.8) is 0 Å². The SMILES string of the molecule is CC[C@H](C)NC(=O)[C@H](C)N(c1ccc(OC)cc1)S(C)(=O)=O. The Bertz CT molecular complexity index is 598. The molecule has 0 radical (unpaired) electrons. The molecule has 1 aromatic carbocycles. The van der Waals surface area contributed by atoms with Crippen molar-refractivity contribution in [3.05, 3.63) is 24.3 Å². The van der Waals surface area contributed by atoms with Crippen LogP contribution in [0, 0.1) is 0 Å². The smallest absolute Gasteiger partial charge is 0.243 e. The summed E-state index contributed by atoms with van der Waals surface area (Å²) in [5.74, 6) is 0.296. The predicted octanol–water partition coefficient (Wildman–Crippen LogP) is 1.76. The normalized spacial score (nSPS) is 14.0. The van der Waals surface area contributed by atoms with Crippen molar-refractivity contribution in [1.82, 2.24) is 5.32 Å². The summed E-state index contributed by atoms with van der Waals surface area (Å²) in [6.07, 6.45) is 1.87. The molecule has 0 spiro atoms. The van der Waals surface area contributed by atoms with E-state index < -0.39 is 16.1 Å². The number of sulfonamides is 1. The highest BCUT2D eigenvalue weighted by molar-refractivity contribution is 7.92. The molecule has 124 valence electrons. The number of carbonyl (C=O) groups is 1. The number of anilines is 1. The highest BCUT2D eigenvalue weighted by Crippen LogP contribution is 2.23. The second-order valence-electron chi connectivity index (χ2n) is 5.25. The molecule has 2 atom stereocenters. The molecule has 0 fully saturated rings. The lowest BCUT2D eigenvalue weighted by Gasteiger charge is -2.29. The van der Waals surface area contributed by atoms with E-state index >= 15 is 0 Å². The Kier molecular flexibility index (Phi) is 6.22. The van der Waals surface area contributed by atoms with Gasteiger partial charge in [-0.05, 0) is 44.5 Å². The first-order chi connectivity index (χ1) is 10.2. The number of methoxy groups -OCH3 is 1. The number of hydrogen-bond donors (Lipinski definition) is 1. The van der Waals surface area contributed by atoms with Crippen molar-refractivity contribution in [2.45, 2.75) is 39.3 Å². The molecule has 0 unspecified atom stereocenters. The summed E-state index contributed by atoms with van der Waals surface area (Å²) in [4.78, 5) is 12.3. The molecular weight excluding hydrogens is 304 g/mol. The molecule has 0 aliphatic rings. The molecule has 1 amide bonds. The van der Waals surface area contributed by atoms with Gasteiger partial charge < -0.3 is 10.1 Å². The lowest BCUT2D eigenvalue weighted by Crippen LogP contribution is -2.49. The molecule has 22 heavy (non-hydrogen) atoms. The number of nitrogens with one attached hydrogen (secondary N) is 1. The number of ether oxygens (including phenoxy) is 1. The summed E-state index contributed by atoms with van der Waals surface area (Å²) in [7, 11) is -2.06. The van der Waals surface area contributed by atoms with Crippen LogP contribution in [0.5, 0.6) is 5.75 Å². The lowest BCUT2D eigenvalue weighted by molar-refractivity contribution is -0.122. The molecule has 1 aromatic rings. The van der Waals surface area contributed by atoms with Gasteiger partial charge in [0, 0.05) is 6.04 Å². The average Bonchev–Trinajstić information content (AvgIpc) is 2.46. The highest BCUT2D eigenvalue weighted by Gasteiger charge is 2.29. The summed E-state index contributed by atoms with van der Waals surface area (Å²) >= 11 is 0. The summed E-state index contributed by atoms with van der Waals surface area (Å²) in [5.41, 5.74) is 0.426. The maximum atomic E-state index is 12.3. The van der Waals surface area contributed by atoms with E-state index in [2.05, 4.69) is 5.32 Å². The second-order valence-corrected chi connectivity index (χ2v) is 7.11. The van der Waals surface area contributed by atoms with Crippen LogP contribution < -0.4 is 14.4 Å². The van der Waals surface area contributed by atoms with E-state index in [1.807, 2.05) is 13.8 Å². The van der Waals surface area contributed by atoms with Crippen LogP contribution in [-0.2, 0) is 14.8 Å². The average molecular weight is 328 g/mol. The van der Waals surface area contributed by atoms with Crippen molar-refractivity contribution >= 4 is 21.6 Å². The van der Waals surface area contributed by atoms with E-state index in [0.717, 1.165) is 17.0 Å². The Morgan fingerprint density at radius 1 is 1.27 bits per heavy atom. The molecule has 6 nitrogen and oxygen atoms in total. The number of nitrogens with zero attached hydrogens (tertiary/aromatic N) is 1. The minimum atomic E-state index is -3.59. The minimum absolute atomic E-state index is 0.00720. The number of amides is 1. The fraction of sp³-hybridized carbons (Fsp3) is 0.533. The van der Waals surface area contributed by atoms with Gasteiger partial charge in [0.15, 0.2) is 0 Å². The van der Waals surface area contributed by atoms with E-state index in [0.29, 0.717) is 11.4 Å². The predicted molar refractivity (Wildman–Crippen MR) is 87.7 cm³/mol. The van der Waals surface area contributed by atoms with E-state index in [1.54, 1.807) is 31.2 Å². The number of benzene rings is 1. The fourth-order valence-electron chi connectivity index (χ4n) is 2.00. The van der Waals surface area contributed by atoms with Crippen LogP contribution in [0.4, 0.5) is 5.69 Å². The largest absolute Gasteiger partial charge is 0.497 e. The fourth-order valence-corrected chi connectivity index (χ4v) is 3.18. The zero-order valence-electron chi connectivity index (χ0n) is 13.7. The van der Waals surface area contributed by atoms with E-state index in [1.165, 1.54) is 7.11 Å². The number of rotatable bonds is 7. The Balaban J connectivity index is 3.10. The van der Waals surface area contributed by atoms with Gasteiger partial charge in [0.25, 0.3) is 0 Å². The Hall–Kier alpha value is -1.76. The van der Waals surface area contributed by atoms with Crippen molar-refractivity contribution in [2.75, 3.05) is 17.7 Å². The first-order valence-electron chi connectivity index (χ1n) is 7.14. The first kappa shape index (κ1) is 18.3. The van der Waals surface area contributed by atoms with Gasteiger partial charge in [0.05, 0.1) is 19.1 Å². The maximum Gasteiger partial charge on any atom is 0.243 e. The summed E-state index contributed by atoms with van der Waals surface area (Å²) in [6, 6.07) is 5.71.